The molecule has 0 bridgehead atoms. The third-order valence-electron chi connectivity index (χ3n) is 9.93. The molecule has 10 heteroatoms. The van der Waals surface area contributed by atoms with Crippen LogP contribution in [0.3, 0.4) is 0 Å². The normalized spacial score (nSPS) is 17.8. The Morgan fingerprint density at radius 3 is 2.09 bits per heavy atom. The number of carbonyl (C=O) groups is 2. The number of amides is 1. The van der Waals surface area contributed by atoms with E-state index in [1.165, 1.54) is 57.8 Å². The Labute approximate surface area is 327 Å². The standard InChI is InChI=1S/C31H42N2O5S.C8H18S.C2H6O.C2H6/c1-22-8-6-7-11-26(22)28-19-24(20-33-16-14-25(21-33)18-23-9-4-3-5-10-23)12-13-27(28)30(34)32-29(31(35)36)15-17-39(2,37)38;1-5-7(3)9-8(4)6-2;1-3-2;1-2/h6-8,11-13,19,23,25,29H,3-5,9-10,14-18,20-21H2,1-2H3,(H,32,34)(H,35,36);7-8H,5-6H2,1-4H3;1-2H3;1-2H3. The number of methoxy groups -OCH3 is 1. The second-order valence-corrected chi connectivity index (χ2v) is 18.7. The van der Waals surface area contributed by atoms with E-state index in [1.54, 1.807) is 20.3 Å². The molecule has 2 aliphatic rings. The summed E-state index contributed by atoms with van der Waals surface area (Å²) in [5, 5.41) is 13.9. The van der Waals surface area contributed by atoms with E-state index in [1.807, 2.05) is 51.1 Å². The molecule has 0 spiro atoms. The van der Waals surface area contributed by atoms with Gasteiger partial charge in [-0.05, 0) is 91.8 Å². The molecule has 2 N–H and O–H groups in total. The average Bonchev–Trinajstić information content (AvgIpc) is 3.57. The molecule has 1 saturated heterocycles. The second kappa shape index (κ2) is 26.4. The molecule has 4 unspecified atom stereocenters. The highest BCUT2D eigenvalue weighted by atomic mass is 32.2. The number of likely N-dealkylation sites (tertiary alicyclic amines) is 1. The maximum absolute atomic E-state index is 13.3. The molecule has 4 atom stereocenters. The van der Waals surface area contributed by atoms with E-state index in [-0.39, 0.29) is 12.2 Å². The lowest BCUT2D eigenvalue weighted by molar-refractivity contribution is -0.139. The first-order valence-corrected chi connectivity index (χ1v) is 22.9. The number of ether oxygens (including phenoxy) is 1. The van der Waals surface area contributed by atoms with E-state index < -0.39 is 27.8 Å². The van der Waals surface area contributed by atoms with Gasteiger partial charge >= 0.3 is 5.97 Å². The van der Waals surface area contributed by atoms with Crippen molar-refractivity contribution in [1.82, 2.24) is 10.2 Å². The maximum atomic E-state index is 13.3. The molecule has 2 aromatic carbocycles. The Bertz CT molecular complexity index is 1440. The molecular formula is C43H72N2O6S2. The molecule has 1 aliphatic carbocycles. The zero-order valence-electron chi connectivity index (χ0n) is 34.6. The molecule has 1 heterocycles. The Balaban J connectivity index is 0.000000859. The number of benzene rings is 2. The van der Waals surface area contributed by atoms with Crippen LogP contribution in [0.15, 0.2) is 42.5 Å². The van der Waals surface area contributed by atoms with E-state index >= 15 is 0 Å². The van der Waals surface area contributed by atoms with Crippen LogP contribution in [0.2, 0.25) is 0 Å². The topological polar surface area (TPSA) is 113 Å². The minimum atomic E-state index is -3.36. The van der Waals surface area contributed by atoms with E-state index in [4.69, 9.17) is 0 Å². The van der Waals surface area contributed by atoms with E-state index in [2.05, 4.69) is 60.5 Å². The lowest BCUT2D eigenvalue weighted by Gasteiger charge is -2.24. The lowest BCUT2D eigenvalue weighted by Crippen LogP contribution is -2.42. The fourth-order valence-corrected chi connectivity index (χ4v) is 8.64. The summed E-state index contributed by atoms with van der Waals surface area (Å²) in [6.45, 7) is 18.1. The van der Waals surface area contributed by atoms with Crippen molar-refractivity contribution in [2.24, 2.45) is 11.8 Å². The third-order valence-corrected chi connectivity index (χ3v) is 12.5. The van der Waals surface area contributed by atoms with Crippen LogP contribution in [0.4, 0.5) is 0 Å². The van der Waals surface area contributed by atoms with Gasteiger partial charge in [0.1, 0.15) is 15.9 Å². The molecule has 0 aromatic heterocycles. The monoisotopic (exact) mass is 776 g/mol. The molecule has 8 nitrogen and oxygen atoms in total. The summed E-state index contributed by atoms with van der Waals surface area (Å²) < 4.78 is 27.4. The third kappa shape index (κ3) is 19.2. The number of sulfone groups is 1. The van der Waals surface area contributed by atoms with Gasteiger partial charge in [-0.3, -0.25) is 9.69 Å². The highest BCUT2D eigenvalue weighted by molar-refractivity contribution is 8.00. The van der Waals surface area contributed by atoms with Crippen LogP contribution in [0.1, 0.15) is 127 Å². The fourth-order valence-electron chi connectivity index (χ4n) is 6.80. The Morgan fingerprint density at radius 2 is 1.55 bits per heavy atom. The zero-order chi connectivity index (χ0) is 40.0. The molecule has 2 aromatic rings. The van der Waals surface area contributed by atoms with Crippen molar-refractivity contribution in [3.8, 4) is 11.1 Å². The predicted molar refractivity (Wildman–Crippen MR) is 226 cm³/mol. The van der Waals surface area contributed by atoms with Gasteiger partial charge in [-0.25, -0.2) is 13.2 Å². The maximum Gasteiger partial charge on any atom is 0.326 e. The number of hydrogen-bond donors (Lipinski definition) is 2. The smallest absolute Gasteiger partial charge is 0.326 e. The van der Waals surface area contributed by atoms with Crippen molar-refractivity contribution in [3.05, 3.63) is 59.2 Å². The van der Waals surface area contributed by atoms with Gasteiger partial charge in [-0.1, -0.05) is 104 Å². The van der Waals surface area contributed by atoms with Gasteiger partial charge in [0.05, 0.1) is 5.75 Å². The van der Waals surface area contributed by atoms with Crippen LogP contribution < -0.4 is 5.32 Å². The molecule has 1 saturated carbocycles. The SMILES string of the molecule is CC.CCC(C)SC(C)CC.COC.Cc1ccccc1-c1cc(CN2CCC(CC3CCCCC3)C2)ccc1C(=O)NC(CCS(C)(=O)=O)C(=O)O. The summed E-state index contributed by atoms with van der Waals surface area (Å²) in [6.07, 6.45) is 13.0. The molecule has 0 radical (unpaired) electrons. The summed E-state index contributed by atoms with van der Waals surface area (Å²) in [6, 6.07) is 12.3. The Kier molecular flexibility index (Phi) is 24.2. The highest BCUT2D eigenvalue weighted by Crippen LogP contribution is 2.34. The molecule has 1 aliphatic heterocycles. The average molecular weight is 777 g/mol. The van der Waals surface area contributed by atoms with E-state index in [0.29, 0.717) is 5.56 Å². The van der Waals surface area contributed by atoms with Crippen LogP contribution in [0.5, 0.6) is 0 Å². The number of carboxylic acids is 1. The van der Waals surface area contributed by atoms with Crippen molar-refractivity contribution in [2.75, 3.05) is 39.3 Å². The van der Waals surface area contributed by atoms with Gasteiger partial charge in [0.2, 0.25) is 0 Å². The Hall–Kier alpha value is -2.40. The van der Waals surface area contributed by atoms with Gasteiger partial charge in [-0.2, -0.15) is 11.8 Å². The summed E-state index contributed by atoms with van der Waals surface area (Å²) in [5.74, 6) is -0.437. The first kappa shape index (κ1) is 48.6. The van der Waals surface area contributed by atoms with Crippen molar-refractivity contribution >= 4 is 33.5 Å². The number of thioether (sulfide) groups is 1. The summed E-state index contributed by atoms with van der Waals surface area (Å²) in [7, 11) is -0.109. The molecular weight excluding hydrogens is 705 g/mol. The van der Waals surface area contributed by atoms with Gasteiger partial charge in [0.25, 0.3) is 5.91 Å². The number of rotatable bonds is 15. The van der Waals surface area contributed by atoms with Crippen LogP contribution in [-0.2, 0) is 25.9 Å². The van der Waals surface area contributed by atoms with Crippen molar-refractivity contribution in [3.63, 3.8) is 0 Å². The van der Waals surface area contributed by atoms with Crippen molar-refractivity contribution in [1.29, 1.82) is 0 Å². The predicted octanol–water partition coefficient (Wildman–Crippen LogP) is 9.68. The first-order valence-electron chi connectivity index (χ1n) is 19.9. The molecule has 1 amide bonds. The quantitative estimate of drug-likeness (QED) is 0.184. The second-order valence-electron chi connectivity index (χ2n) is 14.6. The van der Waals surface area contributed by atoms with Crippen LogP contribution in [0.25, 0.3) is 11.1 Å². The number of aliphatic carboxylic acids is 1. The van der Waals surface area contributed by atoms with Gasteiger partial charge < -0.3 is 15.2 Å². The highest BCUT2D eigenvalue weighted by Gasteiger charge is 2.27. The van der Waals surface area contributed by atoms with E-state index in [9.17, 15) is 23.1 Å². The summed E-state index contributed by atoms with van der Waals surface area (Å²) in [4.78, 5) is 27.6. The fraction of sp³-hybridized carbons (Fsp3) is 0.674. The minimum Gasteiger partial charge on any atom is -0.480 e. The number of hydrogen-bond acceptors (Lipinski definition) is 7. The lowest BCUT2D eigenvalue weighted by atomic mass is 9.82. The van der Waals surface area contributed by atoms with Gasteiger partial charge in [-0.15, -0.1) is 0 Å². The summed E-state index contributed by atoms with van der Waals surface area (Å²) in [5.41, 5.74) is 4.20. The first-order chi connectivity index (χ1) is 25.2. The number of carbonyl (C=O) groups excluding carboxylic acids is 1. The molecule has 2 fully saturated rings. The number of aryl methyl sites for hydroxylation is 1. The minimum absolute atomic E-state index is 0.186. The van der Waals surface area contributed by atoms with Crippen molar-refractivity contribution < 1.29 is 27.9 Å². The number of nitrogens with zero attached hydrogens (tertiary/aromatic N) is 1. The number of nitrogens with one attached hydrogen (secondary N) is 1. The van der Waals surface area contributed by atoms with Gasteiger partial charge in [0.15, 0.2) is 0 Å². The molecule has 4 rings (SSSR count). The largest absolute Gasteiger partial charge is 0.480 e. The van der Waals surface area contributed by atoms with Crippen LogP contribution in [0, 0.1) is 18.8 Å². The van der Waals surface area contributed by atoms with Crippen LogP contribution >= 0.6 is 11.8 Å². The van der Waals surface area contributed by atoms with Gasteiger partial charge in [0, 0.05) is 49.6 Å². The number of carboxylic acid groups (broad SMARTS) is 1. The van der Waals surface area contributed by atoms with E-state index in [0.717, 1.165) is 70.5 Å². The zero-order valence-corrected chi connectivity index (χ0v) is 36.2. The molecule has 53 heavy (non-hydrogen) atoms. The molecule has 302 valence electrons. The Morgan fingerprint density at radius 1 is 0.943 bits per heavy atom. The summed E-state index contributed by atoms with van der Waals surface area (Å²) >= 11 is 2.10. The van der Waals surface area contributed by atoms with Crippen molar-refractivity contribution in [2.45, 2.75) is 136 Å². The van der Waals surface area contributed by atoms with Crippen LogP contribution in [-0.4, -0.2) is 86.2 Å².